The van der Waals surface area contributed by atoms with Crippen LogP contribution in [0.3, 0.4) is 0 Å². The smallest absolute Gasteiger partial charge is 0.337 e. The molecule has 0 amide bonds. The zero-order valence-electron chi connectivity index (χ0n) is 9.36. The fraction of sp³-hybridized carbons (Fsp3) is 0. The molecule has 0 aliphatic heterocycles. The summed E-state index contributed by atoms with van der Waals surface area (Å²) in [5.41, 5.74) is -0.0701. The quantitative estimate of drug-likeness (QED) is 0.922. The average molecular weight is 285 g/mol. The van der Waals surface area contributed by atoms with E-state index in [1.54, 1.807) is 0 Å². The van der Waals surface area contributed by atoms with Crippen LogP contribution in [0.25, 0.3) is 0 Å². The first-order valence-electron chi connectivity index (χ1n) is 5.13. The number of benzene rings is 2. The van der Waals surface area contributed by atoms with Gasteiger partial charge in [0.1, 0.15) is 11.5 Å². The number of halogens is 3. The molecule has 0 aromatic heterocycles. The topological polar surface area (TPSA) is 46.5 Å². The van der Waals surface area contributed by atoms with Crippen molar-refractivity contribution in [1.29, 1.82) is 0 Å². The van der Waals surface area contributed by atoms with Gasteiger partial charge in [-0.2, -0.15) is 0 Å². The van der Waals surface area contributed by atoms with Gasteiger partial charge in [0.2, 0.25) is 0 Å². The van der Waals surface area contributed by atoms with Crippen molar-refractivity contribution in [3.05, 3.63) is 58.6 Å². The summed E-state index contributed by atoms with van der Waals surface area (Å²) in [6.45, 7) is 0. The number of carboxylic acid groups (broad SMARTS) is 1. The Hall–Kier alpha value is -2.14. The van der Waals surface area contributed by atoms with E-state index in [1.165, 1.54) is 24.3 Å². The van der Waals surface area contributed by atoms with Crippen LogP contribution in [0.2, 0.25) is 5.02 Å². The van der Waals surface area contributed by atoms with Gasteiger partial charge in [0.15, 0.2) is 11.6 Å². The molecule has 2 rings (SSSR count). The van der Waals surface area contributed by atoms with Gasteiger partial charge < -0.3 is 9.84 Å². The first-order chi connectivity index (χ1) is 8.97. The van der Waals surface area contributed by atoms with Crippen LogP contribution in [-0.4, -0.2) is 11.1 Å². The van der Waals surface area contributed by atoms with Gasteiger partial charge in [0, 0.05) is 12.1 Å². The van der Waals surface area contributed by atoms with Crippen molar-refractivity contribution in [1.82, 2.24) is 0 Å². The summed E-state index contributed by atoms with van der Waals surface area (Å²) in [6, 6.07) is 6.98. The van der Waals surface area contributed by atoms with E-state index in [0.717, 1.165) is 12.1 Å². The van der Waals surface area contributed by atoms with Crippen molar-refractivity contribution in [2.75, 3.05) is 0 Å². The Labute approximate surface area is 112 Å². The van der Waals surface area contributed by atoms with Crippen LogP contribution in [0.5, 0.6) is 11.5 Å². The van der Waals surface area contributed by atoms with E-state index in [1.807, 2.05) is 0 Å². The maximum absolute atomic E-state index is 13.0. The van der Waals surface area contributed by atoms with Crippen molar-refractivity contribution in [3.63, 3.8) is 0 Å². The van der Waals surface area contributed by atoms with E-state index >= 15 is 0 Å². The molecule has 0 saturated heterocycles. The Morgan fingerprint density at radius 2 is 1.68 bits per heavy atom. The number of ether oxygens (including phenoxy) is 1. The molecule has 2 aromatic rings. The highest BCUT2D eigenvalue weighted by Gasteiger charge is 2.10. The molecule has 0 heterocycles. The molecule has 3 nitrogen and oxygen atoms in total. The number of carboxylic acids is 1. The second-order valence-corrected chi connectivity index (χ2v) is 4.03. The molecular formula is C13H7ClF2O3. The first-order valence-corrected chi connectivity index (χ1v) is 5.51. The van der Waals surface area contributed by atoms with Crippen LogP contribution in [0, 0.1) is 11.6 Å². The minimum absolute atomic E-state index is 0.00687. The lowest BCUT2D eigenvalue weighted by molar-refractivity contribution is 0.0697. The van der Waals surface area contributed by atoms with Crippen molar-refractivity contribution >= 4 is 17.6 Å². The van der Waals surface area contributed by atoms with Crippen LogP contribution in [0.1, 0.15) is 10.4 Å². The van der Waals surface area contributed by atoms with Crippen LogP contribution in [0.4, 0.5) is 8.78 Å². The minimum Gasteiger partial charge on any atom is -0.478 e. The van der Waals surface area contributed by atoms with Gasteiger partial charge in [-0.3, -0.25) is 0 Å². The average Bonchev–Trinajstić information content (AvgIpc) is 2.33. The van der Waals surface area contributed by atoms with Gasteiger partial charge in [-0.1, -0.05) is 11.6 Å². The lowest BCUT2D eigenvalue weighted by Gasteiger charge is -2.07. The maximum atomic E-state index is 13.0. The molecule has 0 atom stereocenters. The predicted octanol–water partition coefficient (Wildman–Crippen LogP) is 4.11. The fourth-order valence-electron chi connectivity index (χ4n) is 1.41. The Morgan fingerprint density at radius 1 is 1.05 bits per heavy atom. The molecule has 1 N–H and O–H groups in total. The Bertz CT molecular complexity index is 644. The van der Waals surface area contributed by atoms with Gasteiger partial charge in [-0.25, -0.2) is 13.6 Å². The molecule has 0 aliphatic carbocycles. The van der Waals surface area contributed by atoms with Crippen molar-refractivity contribution in [2.45, 2.75) is 0 Å². The zero-order valence-corrected chi connectivity index (χ0v) is 10.1. The summed E-state index contributed by atoms with van der Waals surface area (Å²) in [5.74, 6) is -2.87. The van der Waals surface area contributed by atoms with E-state index in [2.05, 4.69) is 0 Å². The Balaban J connectivity index is 2.26. The highest BCUT2D eigenvalue weighted by Crippen LogP contribution is 2.27. The number of carbonyl (C=O) groups is 1. The minimum atomic E-state index is -1.16. The van der Waals surface area contributed by atoms with Gasteiger partial charge in [-0.15, -0.1) is 0 Å². The van der Waals surface area contributed by atoms with Crippen molar-refractivity contribution < 1.29 is 23.4 Å². The number of hydrogen-bond acceptors (Lipinski definition) is 2. The summed E-state index contributed by atoms with van der Waals surface area (Å²) in [7, 11) is 0. The third-order valence-corrected chi connectivity index (χ3v) is 2.61. The monoisotopic (exact) mass is 284 g/mol. The summed E-state index contributed by atoms with van der Waals surface area (Å²) >= 11 is 5.75. The standard InChI is InChI=1S/C13H7ClF2O3/c14-10-5-7(1-3-9(10)13(17)18)19-8-2-4-11(15)12(16)6-8/h1-6H,(H,17,18). The normalized spacial score (nSPS) is 10.3. The van der Waals surface area contributed by atoms with Crippen molar-refractivity contribution in [3.8, 4) is 11.5 Å². The molecule has 0 saturated carbocycles. The van der Waals surface area contributed by atoms with Gasteiger partial charge in [-0.05, 0) is 24.3 Å². The Morgan fingerprint density at radius 3 is 2.26 bits per heavy atom. The summed E-state index contributed by atoms with van der Waals surface area (Å²) < 4.78 is 30.9. The predicted molar refractivity (Wildman–Crippen MR) is 64.8 cm³/mol. The van der Waals surface area contributed by atoms with Gasteiger partial charge in [0.25, 0.3) is 0 Å². The largest absolute Gasteiger partial charge is 0.478 e. The summed E-state index contributed by atoms with van der Waals surface area (Å²) in [5, 5.41) is 8.79. The molecule has 0 bridgehead atoms. The van der Waals surface area contributed by atoms with E-state index in [9.17, 15) is 13.6 Å². The van der Waals surface area contributed by atoms with Crippen LogP contribution in [0.15, 0.2) is 36.4 Å². The molecular weight excluding hydrogens is 278 g/mol. The van der Waals surface area contributed by atoms with Gasteiger partial charge >= 0.3 is 5.97 Å². The summed E-state index contributed by atoms with van der Waals surface area (Å²) in [4.78, 5) is 10.8. The molecule has 2 aromatic carbocycles. The van der Waals surface area contributed by atoms with E-state index in [-0.39, 0.29) is 22.1 Å². The SMILES string of the molecule is O=C(O)c1ccc(Oc2ccc(F)c(F)c2)cc1Cl. The number of aromatic carboxylic acids is 1. The third-order valence-electron chi connectivity index (χ3n) is 2.30. The molecule has 0 unspecified atom stereocenters. The van der Waals surface area contributed by atoms with E-state index in [4.69, 9.17) is 21.4 Å². The van der Waals surface area contributed by atoms with Crippen LogP contribution < -0.4 is 4.74 Å². The molecule has 6 heteroatoms. The number of hydrogen-bond donors (Lipinski definition) is 1. The molecule has 0 radical (unpaired) electrons. The Kier molecular flexibility index (Phi) is 3.66. The van der Waals surface area contributed by atoms with Crippen LogP contribution in [-0.2, 0) is 0 Å². The fourth-order valence-corrected chi connectivity index (χ4v) is 1.66. The van der Waals surface area contributed by atoms with Crippen LogP contribution >= 0.6 is 11.6 Å². The third kappa shape index (κ3) is 3.00. The molecule has 19 heavy (non-hydrogen) atoms. The molecule has 0 aliphatic rings. The zero-order chi connectivity index (χ0) is 14.0. The first kappa shape index (κ1) is 13.3. The number of rotatable bonds is 3. The molecule has 0 spiro atoms. The maximum Gasteiger partial charge on any atom is 0.337 e. The highest BCUT2D eigenvalue weighted by atomic mass is 35.5. The lowest BCUT2D eigenvalue weighted by atomic mass is 10.2. The molecule has 0 fully saturated rings. The van der Waals surface area contributed by atoms with Gasteiger partial charge in [0.05, 0.1) is 10.6 Å². The van der Waals surface area contributed by atoms with E-state index < -0.39 is 17.6 Å². The lowest BCUT2D eigenvalue weighted by Crippen LogP contribution is -1.97. The summed E-state index contributed by atoms with van der Waals surface area (Å²) in [6.07, 6.45) is 0. The second-order valence-electron chi connectivity index (χ2n) is 3.62. The van der Waals surface area contributed by atoms with E-state index in [0.29, 0.717) is 0 Å². The second kappa shape index (κ2) is 5.24. The highest BCUT2D eigenvalue weighted by molar-refractivity contribution is 6.33. The molecule has 98 valence electrons. The van der Waals surface area contributed by atoms with Crippen molar-refractivity contribution in [2.24, 2.45) is 0 Å².